The first kappa shape index (κ1) is 28.3. The lowest BCUT2D eigenvalue weighted by atomic mass is 9.83. The van der Waals surface area contributed by atoms with Crippen LogP contribution in [0.4, 0.5) is 4.79 Å². The maximum atomic E-state index is 13.8. The molecule has 2 aromatic rings. The first-order chi connectivity index (χ1) is 18.1. The molecule has 1 saturated heterocycles. The topological polar surface area (TPSA) is 114 Å². The lowest BCUT2D eigenvalue weighted by Crippen LogP contribution is -2.56. The summed E-state index contributed by atoms with van der Waals surface area (Å²) in [7, 11) is 0. The molecule has 38 heavy (non-hydrogen) atoms. The monoisotopic (exact) mass is 561 g/mol. The van der Waals surface area contributed by atoms with Crippen LogP contribution in [-0.2, 0) is 20.9 Å². The quantitative estimate of drug-likeness (QED) is 0.495. The summed E-state index contributed by atoms with van der Waals surface area (Å²) in [4.78, 5) is 41.5. The van der Waals surface area contributed by atoms with Crippen molar-refractivity contribution in [2.45, 2.75) is 89.9 Å². The average molecular weight is 562 g/mol. The second kappa shape index (κ2) is 12.4. The van der Waals surface area contributed by atoms with Crippen LogP contribution in [0.25, 0.3) is 11.3 Å². The number of amides is 3. The highest BCUT2D eigenvalue weighted by molar-refractivity contribution is 7.03. The van der Waals surface area contributed by atoms with Gasteiger partial charge in [0.05, 0.1) is 0 Å². The van der Waals surface area contributed by atoms with Gasteiger partial charge in [-0.15, -0.1) is 5.10 Å². The van der Waals surface area contributed by atoms with Crippen molar-refractivity contribution in [3.8, 4) is 11.3 Å². The molecule has 1 aromatic heterocycles. The molecule has 1 aliphatic heterocycles. The fourth-order valence-electron chi connectivity index (χ4n) is 5.31. The van der Waals surface area contributed by atoms with E-state index in [0.29, 0.717) is 18.0 Å². The number of carbonyl (C=O) groups excluding carboxylic acids is 3. The molecule has 4 rings (SSSR count). The van der Waals surface area contributed by atoms with E-state index in [1.165, 1.54) is 11.5 Å². The van der Waals surface area contributed by atoms with Gasteiger partial charge in [0, 0.05) is 29.1 Å². The minimum Gasteiger partial charge on any atom is -0.444 e. The molecule has 206 valence electrons. The fourth-order valence-corrected chi connectivity index (χ4v) is 5.96. The van der Waals surface area contributed by atoms with E-state index in [1.54, 1.807) is 37.8 Å². The molecule has 0 bridgehead atoms. The summed E-state index contributed by atoms with van der Waals surface area (Å²) in [5, 5.41) is 12.4. The van der Waals surface area contributed by atoms with E-state index in [1.807, 2.05) is 11.4 Å². The molecule has 2 aliphatic rings. The van der Waals surface area contributed by atoms with Crippen molar-refractivity contribution in [3.63, 3.8) is 0 Å². The number of aromatic nitrogens is 2. The Morgan fingerprint density at radius 2 is 1.92 bits per heavy atom. The summed E-state index contributed by atoms with van der Waals surface area (Å²) in [6.07, 6.45) is 5.57. The Hall–Kier alpha value is -2.72. The van der Waals surface area contributed by atoms with Crippen LogP contribution in [0, 0.1) is 5.92 Å². The van der Waals surface area contributed by atoms with E-state index in [4.69, 9.17) is 16.3 Å². The minimum absolute atomic E-state index is 0.0221. The number of rotatable bonds is 7. The van der Waals surface area contributed by atoms with Gasteiger partial charge < -0.3 is 20.3 Å². The molecule has 0 spiro atoms. The highest BCUT2D eigenvalue weighted by Gasteiger charge is 2.41. The molecule has 0 unspecified atom stereocenters. The van der Waals surface area contributed by atoms with E-state index in [9.17, 15) is 14.4 Å². The first-order valence-corrected chi connectivity index (χ1v) is 14.5. The Labute approximate surface area is 232 Å². The van der Waals surface area contributed by atoms with Crippen molar-refractivity contribution in [2.75, 3.05) is 6.54 Å². The number of benzene rings is 1. The van der Waals surface area contributed by atoms with Gasteiger partial charge in [-0.3, -0.25) is 9.59 Å². The maximum Gasteiger partial charge on any atom is 0.408 e. The van der Waals surface area contributed by atoms with Crippen molar-refractivity contribution in [3.05, 3.63) is 34.2 Å². The van der Waals surface area contributed by atoms with E-state index in [2.05, 4.69) is 20.2 Å². The van der Waals surface area contributed by atoms with E-state index in [0.717, 1.165) is 55.3 Å². The molecule has 2 fully saturated rings. The number of nitrogens with one attached hydrogen (secondary N) is 2. The van der Waals surface area contributed by atoms with Gasteiger partial charge in [-0.1, -0.05) is 41.4 Å². The second-order valence-corrected chi connectivity index (χ2v) is 12.1. The molecule has 1 aliphatic carbocycles. The summed E-state index contributed by atoms with van der Waals surface area (Å²) >= 11 is 7.48. The molecular weight excluding hydrogens is 526 g/mol. The van der Waals surface area contributed by atoms with Crippen LogP contribution in [0.3, 0.4) is 0 Å². The molecule has 11 heteroatoms. The molecule has 1 saturated carbocycles. The van der Waals surface area contributed by atoms with Crippen LogP contribution in [-0.4, -0.2) is 56.6 Å². The Bertz CT molecular complexity index is 1130. The van der Waals surface area contributed by atoms with Crippen LogP contribution < -0.4 is 10.6 Å². The highest BCUT2D eigenvalue weighted by Crippen LogP contribution is 2.30. The largest absolute Gasteiger partial charge is 0.444 e. The summed E-state index contributed by atoms with van der Waals surface area (Å²) in [6.45, 7) is 6.10. The number of likely N-dealkylation sites (tertiary alicyclic amines) is 1. The van der Waals surface area contributed by atoms with E-state index < -0.39 is 23.8 Å². The first-order valence-electron chi connectivity index (χ1n) is 13.3. The van der Waals surface area contributed by atoms with Gasteiger partial charge in [-0.25, -0.2) is 4.79 Å². The van der Waals surface area contributed by atoms with Gasteiger partial charge >= 0.3 is 6.09 Å². The van der Waals surface area contributed by atoms with Gasteiger partial charge in [0.25, 0.3) is 0 Å². The van der Waals surface area contributed by atoms with E-state index >= 15 is 0 Å². The van der Waals surface area contributed by atoms with Gasteiger partial charge in [0.2, 0.25) is 11.8 Å². The summed E-state index contributed by atoms with van der Waals surface area (Å²) in [5.41, 5.74) is 1.72. The van der Waals surface area contributed by atoms with Crippen LogP contribution >= 0.6 is 23.1 Å². The number of carbonyl (C=O) groups is 3. The molecule has 0 radical (unpaired) electrons. The lowest BCUT2D eigenvalue weighted by molar-refractivity contribution is -0.141. The minimum atomic E-state index is -0.713. The van der Waals surface area contributed by atoms with Crippen molar-refractivity contribution in [2.24, 2.45) is 5.92 Å². The second-order valence-electron chi connectivity index (χ2n) is 11.0. The summed E-state index contributed by atoms with van der Waals surface area (Å²) < 4.78 is 9.40. The molecule has 1 aromatic carbocycles. The molecular formula is C27H36ClN5O4S. The normalized spacial score (nSPS) is 19.2. The number of hydrogen-bond donors (Lipinski definition) is 2. The van der Waals surface area contributed by atoms with Gasteiger partial charge in [0.15, 0.2) is 0 Å². The zero-order valence-electron chi connectivity index (χ0n) is 22.2. The summed E-state index contributed by atoms with van der Waals surface area (Å²) in [5.74, 6) is -0.413. The molecule has 3 amide bonds. The van der Waals surface area contributed by atoms with Gasteiger partial charge in [-0.05, 0) is 81.6 Å². The average Bonchev–Trinajstić information content (AvgIpc) is 3.58. The van der Waals surface area contributed by atoms with Crippen LogP contribution in [0.5, 0.6) is 0 Å². The third-order valence-electron chi connectivity index (χ3n) is 7.05. The Balaban J connectivity index is 1.46. The van der Waals surface area contributed by atoms with Gasteiger partial charge in [-0.2, -0.15) is 0 Å². The number of ether oxygens (including phenoxy) is 1. The van der Waals surface area contributed by atoms with Crippen LogP contribution in [0.1, 0.15) is 71.3 Å². The predicted octanol–water partition coefficient (Wildman–Crippen LogP) is 4.94. The van der Waals surface area contributed by atoms with Crippen LogP contribution in [0.15, 0.2) is 23.6 Å². The highest BCUT2D eigenvalue weighted by atomic mass is 35.5. The number of halogens is 1. The Morgan fingerprint density at radius 3 is 2.61 bits per heavy atom. The van der Waals surface area contributed by atoms with E-state index in [-0.39, 0.29) is 24.3 Å². The SMILES string of the molecule is CC(C)(C)OC(=O)N[C@@H](C(=O)N1CCC[C@H]1C(=O)NCc1cc(Cl)ccc1-c1csnn1)C1CCCCC1. The van der Waals surface area contributed by atoms with Crippen molar-refractivity contribution >= 4 is 41.0 Å². The molecule has 9 nitrogen and oxygen atoms in total. The number of alkyl carbamates (subject to hydrolysis) is 1. The van der Waals surface area contributed by atoms with Crippen molar-refractivity contribution in [1.82, 2.24) is 25.1 Å². The third-order valence-corrected chi connectivity index (χ3v) is 7.79. The van der Waals surface area contributed by atoms with Gasteiger partial charge in [0.1, 0.15) is 23.4 Å². The van der Waals surface area contributed by atoms with Crippen molar-refractivity contribution < 1.29 is 19.1 Å². The molecule has 2 heterocycles. The predicted molar refractivity (Wildman–Crippen MR) is 147 cm³/mol. The fraction of sp³-hybridized carbons (Fsp3) is 0.593. The molecule has 2 atom stereocenters. The Morgan fingerprint density at radius 1 is 1.16 bits per heavy atom. The zero-order chi connectivity index (χ0) is 27.3. The van der Waals surface area contributed by atoms with Crippen LogP contribution in [0.2, 0.25) is 5.02 Å². The number of nitrogens with zero attached hydrogens (tertiary/aromatic N) is 3. The summed E-state index contributed by atoms with van der Waals surface area (Å²) in [6, 6.07) is 4.14. The number of hydrogen-bond acceptors (Lipinski definition) is 7. The standard InChI is InChI=1S/C27H36ClN5O4S/c1-27(2,3)37-26(36)30-23(17-8-5-4-6-9-17)25(35)33-13-7-10-22(33)24(34)29-15-18-14-19(28)11-12-20(18)21-16-38-32-31-21/h11-12,14,16-17,22-23H,4-10,13,15H2,1-3H3,(H,29,34)(H,30,36)/t22-,23+/m0/s1. The third kappa shape index (κ3) is 7.22. The maximum absolute atomic E-state index is 13.8. The Kier molecular flexibility index (Phi) is 9.25. The molecule has 2 N–H and O–H groups in total. The zero-order valence-corrected chi connectivity index (χ0v) is 23.7. The van der Waals surface area contributed by atoms with Crippen molar-refractivity contribution in [1.29, 1.82) is 0 Å². The lowest BCUT2D eigenvalue weighted by Gasteiger charge is -2.35. The smallest absolute Gasteiger partial charge is 0.408 e.